The lowest BCUT2D eigenvalue weighted by Crippen LogP contribution is -2.28. The highest BCUT2D eigenvalue weighted by Gasteiger charge is 2.31. The SMILES string of the molecule is Nc1ccc2c(c1)N(S(=O)(=O)c1ccc(Br)s1)CC2. The fourth-order valence-electron chi connectivity index (χ4n) is 2.16. The van der Waals surface area contributed by atoms with Crippen LogP contribution >= 0.6 is 27.3 Å². The summed E-state index contributed by atoms with van der Waals surface area (Å²) in [6, 6.07) is 8.78. The quantitative estimate of drug-likeness (QED) is 0.839. The van der Waals surface area contributed by atoms with Gasteiger partial charge in [-0.3, -0.25) is 4.31 Å². The second-order valence-electron chi connectivity index (χ2n) is 4.27. The van der Waals surface area contributed by atoms with E-state index in [1.54, 1.807) is 24.3 Å². The van der Waals surface area contributed by atoms with E-state index in [2.05, 4.69) is 15.9 Å². The van der Waals surface area contributed by atoms with E-state index in [1.807, 2.05) is 6.07 Å². The van der Waals surface area contributed by atoms with E-state index < -0.39 is 10.0 Å². The molecule has 1 aliphatic heterocycles. The van der Waals surface area contributed by atoms with Gasteiger partial charge in [-0.1, -0.05) is 6.07 Å². The summed E-state index contributed by atoms with van der Waals surface area (Å²) in [5.74, 6) is 0. The molecule has 1 aliphatic rings. The Labute approximate surface area is 124 Å². The van der Waals surface area contributed by atoms with E-state index in [0.29, 0.717) is 22.1 Å². The standard InChI is InChI=1S/C12H11BrN2O2S2/c13-11-3-4-12(18-11)19(16,17)15-6-5-8-1-2-9(14)7-10(8)15/h1-4,7H,5-6,14H2. The highest BCUT2D eigenvalue weighted by molar-refractivity contribution is 9.11. The lowest BCUT2D eigenvalue weighted by Gasteiger charge is -2.18. The minimum absolute atomic E-state index is 0.342. The molecule has 0 amide bonds. The molecule has 19 heavy (non-hydrogen) atoms. The first-order valence-electron chi connectivity index (χ1n) is 5.65. The van der Waals surface area contributed by atoms with Crippen LogP contribution in [0, 0.1) is 0 Å². The molecule has 0 saturated heterocycles. The maximum absolute atomic E-state index is 12.6. The molecule has 0 spiro atoms. The van der Waals surface area contributed by atoms with E-state index in [-0.39, 0.29) is 0 Å². The summed E-state index contributed by atoms with van der Waals surface area (Å²) in [6.07, 6.45) is 0.724. The fraction of sp³-hybridized carbons (Fsp3) is 0.167. The predicted molar refractivity (Wildman–Crippen MR) is 81.1 cm³/mol. The first kappa shape index (κ1) is 13.0. The van der Waals surface area contributed by atoms with E-state index in [1.165, 1.54) is 15.6 Å². The van der Waals surface area contributed by atoms with Crippen molar-refractivity contribution in [2.45, 2.75) is 10.6 Å². The first-order valence-corrected chi connectivity index (χ1v) is 8.70. The van der Waals surface area contributed by atoms with Gasteiger partial charge in [-0.05, 0) is 52.2 Å². The number of nitrogens with zero attached hydrogens (tertiary/aromatic N) is 1. The van der Waals surface area contributed by atoms with Gasteiger partial charge in [0.1, 0.15) is 4.21 Å². The van der Waals surface area contributed by atoms with Gasteiger partial charge in [0, 0.05) is 12.2 Å². The lowest BCUT2D eigenvalue weighted by molar-refractivity contribution is 0.594. The van der Waals surface area contributed by atoms with Gasteiger partial charge in [0.2, 0.25) is 0 Å². The van der Waals surface area contributed by atoms with Crippen LogP contribution in [0.5, 0.6) is 0 Å². The number of sulfonamides is 1. The summed E-state index contributed by atoms with van der Waals surface area (Å²) in [6.45, 7) is 0.469. The minimum Gasteiger partial charge on any atom is -0.399 e. The maximum atomic E-state index is 12.6. The Morgan fingerprint density at radius 2 is 2.05 bits per heavy atom. The third-order valence-electron chi connectivity index (χ3n) is 3.06. The molecule has 4 nitrogen and oxygen atoms in total. The molecule has 1 aromatic heterocycles. The smallest absolute Gasteiger partial charge is 0.273 e. The summed E-state index contributed by atoms with van der Waals surface area (Å²) < 4.78 is 27.8. The summed E-state index contributed by atoms with van der Waals surface area (Å²) in [5, 5.41) is 0. The van der Waals surface area contributed by atoms with Crippen LogP contribution in [0.15, 0.2) is 38.3 Å². The van der Waals surface area contributed by atoms with Gasteiger partial charge in [-0.25, -0.2) is 8.42 Å². The molecular weight excluding hydrogens is 348 g/mol. The molecule has 0 atom stereocenters. The number of nitrogen functional groups attached to an aromatic ring is 1. The number of rotatable bonds is 2. The Morgan fingerprint density at radius 1 is 1.26 bits per heavy atom. The van der Waals surface area contributed by atoms with Crippen LogP contribution in [0.4, 0.5) is 11.4 Å². The molecule has 2 heterocycles. The summed E-state index contributed by atoms with van der Waals surface area (Å²) in [5.41, 5.74) is 8.05. The van der Waals surface area contributed by atoms with Crippen molar-refractivity contribution < 1.29 is 8.42 Å². The number of fused-ring (bicyclic) bond motifs is 1. The van der Waals surface area contributed by atoms with Crippen LogP contribution in [0.3, 0.4) is 0 Å². The van der Waals surface area contributed by atoms with Crippen LogP contribution in [0.1, 0.15) is 5.56 Å². The number of anilines is 2. The zero-order chi connectivity index (χ0) is 13.6. The van der Waals surface area contributed by atoms with Crippen molar-refractivity contribution in [2.24, 2.45) is 0 Å². The molecule has 7 heteroatoms. The summed E-state index contributed by atoms with van der Waals surface area (Å²) in [7, 11) is -3.48. The molecule has 1 aromatic carbocycles. The highest BCUT2D eigenvalue weighted by Crippen LogP contribution is 2.36. The normalized spacial score (nSPS) is 14.7. The summed E-state index contributed by atoms with van der Waals surface area (Å²) in [4.78, 5) is 0. The Hall–Kier alpha value is -1.05. The van der Waals surface area contributed by atoms with E-state index in [9.17, 15) is 8.42 Å². The van der Waals surface area contributed by atoms with Crippen molar-refractivity contribution in [1.82, 2.24) is 0 Å². The number of benzene rings is 1. The van der Waals surface area contributed by atoms with Crippen LogP contribution in [-0.4, -0.2) is 15.0 Å². The second-order valence-corrected chi connectivity index (χ2v) is 8.83. The van der Waals surface area contributed by atoms with Gasteiger partial charge in [0.15, 0.2) is 0 Å². The van der Waals surface area contributed by atoms with E-state index in [0.717, 1.165) is 15.8 Å². The van der Waals surface area contributed by atoms with Gasteiger partial charge in [-0.2, -0.15) is 0 Å². The minimum atomic E-state index is -3.48. The molecular formula is C12H11BrN2O2S2. The molecule has 2 aromatic rings. The van der Waals surface area contributed by atoms with Crippen molar-refractivity contribution in [1.29, 1.82) is 0 Å². The number of hydrogen-bond donors (Lipinski definition) is 1. The molecule has 3 rings (SSSR count). The van der Waals surface area contributed by atoms with Gasteiger partial charge in [0.05, 0.1) is 9.47 Å². The van der Waals surface area contributed by atoms with E-state index >= 15 is 0 Å². The molecule has 0 saturated carbocycles. The Kier molecular flexibility index (Phi) is 3.07. The van der Waals surface area contributed by atoms with Crippen LogP contribution in [0.25, 0.3) is 0 Å². The number of hydrogen-bond acceptors (Lipinski definition) is 4. The predicted octanol–water partition coefficient (Wildman–Crippen LogP) is 2.84. The van der Waals surface area contributed by atoms with Crippen molar-refractivity contribution in [3.8, 4) is 0 Å². The number of thiophene rings is 1. The Bertz CT molecular complexity index is 740. The molecule has 100 valence electrons. The zero-order valence-electron chi connectivity index (χ0n) is 9.84. The molecule has 0 unspecified atom stereocenters. The second kappa shape index (κ2) is 4.50. The lowest BCUT2D eigenvalue weighted by atomic mass is 10.1. The maximum Gasteiger partial charge on any atom is 0.273 e. The van der Waals surface area contributed by atoms with Crippen molar-refractivity contribution in [3.05, 3.63) is 39.7 Å². The molecule has 0 aliphatic carbocycles. The first-order chi connectivity index (χ1) is 8.98. The third kappa shape index (κ3) is 2.15. The average Bonchev–Trinajstić information content (AvgIpc) is 2.95. The average molecular weight is 359 g/mol. The van der Waals surface area contributed by atoms with Crippen LogP contribution < -0.4 is 10.0 Å². The van der Waals surface area contributed by atoms with Crippen LogP contribution in [-0.2, 0) is 16.4 Å². The highest BCUT2D eigenvalue weighted by atomic mass is 79.9. The summed E-state index contributed by atoms with van der Waals surface area (Å²) >= 11 is 4.51. The number of halogens is 1. The molecule has 2 N–H and O–H groups in total. The Morgan fingerprint density at radius 3 is 2.74 bits per heavy atom. The Balaban J connectivity index is 2.08. The number of nitrogens with two attached hydrogens (primary N) is 1. The third-order valence-corrected chi connectivity index (χ3v) is 6.96. The topological polar surface area (TPSA) is 63.4 Å². The van der Waals surface area contributed by atoms with Crippen molar-refractivity contribution in [2.75, 3.05) is 16.6 Å². The zero-order valence-corrected chi connectivity index (χ0v) is 13.1. The molecule has 0 radical (unpaired) electrons. The molecule has 0 fully saturated rings. The van der Waals surface area contributed by atoms with Crippen molar-refractivity contribution >= 4 is 48.7 Å². The monoisotopic (exact) mass is 358 g/mol. The van der Waals surface area contributed by atoms with Gasteiger partial charge < -0.3 is 5.73 Å². The van der Waals surface area contributed by atoms with Crippen LogP contribution in [0.2, 0.25) is 0 Å². The van der Waals surface area contributed by atoms with Gasteiger partial charge in [0.25, 0.3) is 10.0 Å². The van der Waals surface area contributed by atoms with Gasteiger partial charge in [-0.15, -0.1) is 11.3 Å². The van der Waals surface area contributed by atoms with Gasteiger partial charge >= 0.3 is 0 Å². The van der Waals surface area contributed by atoms with Crippen molar-refractivity contribution in [3.63, 3.8) is 0 Å². The molecule has 0 bridgehead atoms. The fourth-order valence-corrected chi connectivity index (χ4v) is 5.78. The largest absolute Gasteiger partial charge is 0.399 e. The van der Waals surface area contributed by atoms with E-state index in [4.69, 9.17) is 5.73 Å².